The Hall–Kier alpha value is -0.610. The van der Waals surface area contributed by atoms with Crippen LogP contribution in [0.1, 0.15) is 62.1 Å². The van der Waals surface area contributed by atoms with Gasteiger partial charge in [0, 0.05) is 13.1 Å². The van der Waals surface area contributed by atoms with Gasteiger partial charge in [-0.3, -0.25) is 0 Å². The summed E-state index contributed by atoms with van der Waals surface area (Å²) in [4.78, 5) is 8.29. The van der Waals surface area contributed by atoms with Crippen LogP contribution < -0.4 is 4.90 Å². The second kappa shape index (κ2) is 5.41. The summed E-state index contributed by atoms with van der Waals surface area (Å²) in [6.45, 7) is 2.36. The molecule has 3 atom stereocenters. The lowest BCUT2D eigenvalue weighted by Crippen LogP contribution is -2.38. The lowest BCUT2D eigenvalue weighted by Gasteiger charge is -2.36. The number of anilines is 1. The molecule has 2 aliphatic carbocycles. The Morgan fingerprint density at radius 1 is 1.21 bits per heavy atom. The molecular weight excluding hydrogens is 256 g/mol. The minimum Gasteiger partial charge on any atom is -0.388 e. The second-order valence-electron chi connectivity index (χ2n) is 6.16. The van der Waals surface area contributed by atoms with Crippen LogP contribution in [0.15, 0.2) is 0 Å². The third kappa shape index (κ3) is 2.52. The van der Waals surface area contributed by atoms with Gasteiger partial charge in [-0.2, -0.15) is 0 Å². The maximum absolute atomic E-state index is 10.1. The van der Waals surface area contributed by atoms with Crippen LogP contribution in [0.25, 0.3) is 0 Å². The smallest absolute Gasteiger partial charge is 0.185 e. The molecule has 19 heavy (non-hydrogen) atoms. The van der Waals surface area contributed by atoms with Gasteiger partial charge in [-0.25, -0.2) is 4.98 Å². The van der Waals surface area contributed by atoms with Crippen LogP contribution in [0.3, 0.4) is 0 Å². The van der Waals surface area contributed by atoms with E-state index in [1.54, 1.807) is 11.3 Å². The first-order valence-corrected chi connectivity index (χ1v) is 8.39. The summed E-state index contributed by atoms with van der Waals surface area (Å²) in [7, 11) is 2.18. The van der Waals surface area contributed by atoms with Gasteiger partial charge in [0.25, 0.3) is 0 Å². The highest BCUT2D eigenvalue weighted by Gasteiger charge is 2.29. The Labute approximate surface area is 119 Å². The van der Waals surface area contributed by atoms with Crippen LogP contribution >= 0.6 is 11.3 Å². The van der Waals surface area contributed by atoms with Crippen molar-refractivity contribution in [3.8, 4) is 0 Å². The van der Waals surface area contributed by atoms with E-state index in [0.717, 1.165) is 40.9 Å². The Morgan fingerprint density at radius 2 is 2.00 bits per heavy atom. The zero-order chi connectivity index (χ0) is 13.4. The first kappa shape index (κ1) is 13.4. The predicted octanol–water partition coefficient (Wildman–Crippen LogP) is 3.53. The van der Waals surface area contributed by atoms with Crippen molar-refractivity contribution in [3.63, 3.8) is 0 Å². The zero-order valence-electron chi connectivity index (χ0n) is 11.9. The number of fused-ring (bicyclic) bond motifs is 1. The minimum absolute atomic E-state index is 0.271. The Balaban J connectivity index is 1.81. The number of hydrogen-bond donors (Lipinski definition) is 1. The van der Waals surface area contributed by atoms with Crippen molar-refractivity contribution in [1.29, 1.82) is 0 Å². The van der Waals surface area contributed by atoms with Gasteiger partial charge in [-0.05, 0) is 38.0 Å². The predicted molar refractivity (Wildman–Crippen MR) is 79.8 cm³/mol. The van der Waals surface area contributed by atoms with Crippen molar-refractivity contribution in [2.24, 2.45) is 5.92 Å². The van der Waals surface area contributed by atoms with Gasteiger partial charge in [0.2, 0.25) is 0 Å². The Bertz CT molecular complexity index is 445. The van der Waals surface area contributed by atoms with Crippen LogP contribution in [-0.2, 0) is 6.42 Å². The molecule has 1 fully saturated rings. The van der Waals surface area contributed by atoms with E-state index in [1.807, 2.05) is 0 Å². The summed E-state index contributed by atoms with van der Waals surface area (Å²) in [5.41, 5.74) is 1.15. The molecule has 0 saturated heterocycles. The maximum Gasteiger partial charge on any atom is 0.185 e. The van der Waals surface area contributed by atoms with Crippen molar-refractivity contribution in [1.82, 2.24) is 4.98 Å². The largest absolute Gasteiger partial charge is 0.388 e. The van der Waals surface area contributed by atoms with E-state index in [4.69, 9.17) is 4.98 Å². The number of thiazole rings is 1. The fourth-order valence-corrected chi connectivity index (χ4v) is 4.70. The molecule has 0 bridgehead atoms. The first-order chi connectivity index (χ1) is 9.16. The highest BCUT2D eigenvalue weighted by molar-refractivity contribution is 7.15. The highest BCUT2D eigenvalue weighted by Crippen LogP contribution is 2.39. The maximum atomic E-state index is 10.1. The van der Waals surface area contributed by atoms with E-state index in [2.05, 4.69) is 18.9 Å². The van der Waals surface area contributed by atoms with Gasteiger partial charge in [0.05, 0.1) is 16.7 Å². The summed E-state index contributed by atoms with van der Waals surface area (Å²) >= 11 is 1.71. The molecule has 106 valence electrons. The molecule has 0 spiro atoms. The zero-order valence-corrected chi connectivity index (χ0v) is 12.7. The monoisotopic (exact) mass is 280 g/mol. The molecule has 4 heteroatoms. The molecule has 3 nitrogen and oxygen atoms in total. The summed E-state index contributed by atoms with van der Waals surface area (Å²) < 4.78 is 0. The molecule has 2 aliphatic rings. The van der Waals surface area contributed by atoms with Gasteiger partial charge in [-0.15, -0.1) is 0 Å². The summed E-state index contributed by atoms with van der Waals surface area (Å²) in [5, 5.41) is 11.2. The number of aliphatic hydroxyl groups is 1. The molecule has 1 N–H and O–H groups in total. The van der Waals surface area contributed by atoms with E-state index in [-0.39, 0.29) is 6.10 Å². The van der Waals surface area contributed by atoms with Crippen molar-refractivity contribution in [2.45, 2.75) is 64.0 Å². The molecule has 1 saturated carbocycles. The highest BCUT2D eigenvalue weighted by atomic mass is 32.1. The van der Waals surface area contributed by atoms with Crippen molar-refractivity contribution >= 4 is 16.5 Å². The molecule has 0 amide bonds. The molecule has 0 aromatic carbocycles. The topological polar surface area (TPSA) is 36.4 Å². The molecule has 3 unspecified atom stereocenters. The molecule has 0 radical (unpaired) electrons. The van der Waals surface area contributed by atoms with Crippen LogP contribution in [-0.4, -0.2) is 23.2 Å². The van der Waals surface area contributed by atoms with E-state index in [0.29, 0.717) is 6.04 Å². The van der Waals surface area contributed by atoms with Crippen molar-refractivity contribution in [3.05, 3.63) is 10.6 Å². The van der Waals surface area contributed by atoms with Gasteiger partial charge in [-0.1, -0.05) is 31.1 Å². The van der Waals surface area contributed by atoms with E-state index in [9.17, 15) is 5.11 Å². The van der Waals surface area contributed by atoms with Crippen molar-refractivity contribution in [2.75, 3.05) is 11.9 Å². The summed E-state index contributed by atoms with van der Waals surface area (Å²) in [6.07, 6.45) is 8.07. The minimum atomic E-state index is -0.271. The standard InChI is InChI=1S/C15H24N2OS/c1-10-6-3-4-8-12(10)17(2)15-16-11-7-5-9-13(18)14(11)19-15/h10,12-13,18H,3-9H2,1-2H3. The number of aryl methyl sites for hydroxylation is 1. The van der Waals surface area contributed by atoms with Gasteiger partial charge >= 0.3 is 0 Å². The third-order valence-corrected chi connectivity index (χ3v) is 6.06. The summed E-state index contributed by atoms with van der Waals surface area (Å²) in [6, 6.07) is 0.624. The van der Waals surface area contributed by atoms with Gasteiger partial charge < -0.3 is 10.0 Å². The first-order valence-electron chi connectivity index (χ1n) is 7.57. The van der Waals surface area contributed by atoms with Crippen LogP contribution in [0.4, 0.5) is 5.13 Å². The van der Waals surface area contributed by atoms with Crippen LogP contribution in [0, 0.1) is 5.92 Å². The SMILES string of the molecule is CC1CCCCC1N(C)c1nc2c(s1)C(O)CCC2. The van der Waals surface area contributed by atoms with E-state index < -0.39 is 0 Å². The second-order valence-corrected chi connectivity index (χ2v) is 7.16. The number of rotatable bonds is 2. The molecular formula is C15H24N2OS. The molecule has 1 heterocycles. The average molecular weight is 280 g/mol. The molecule has 0 aliphatic heterocycles. The van der Waals surface area contributed by atoms with E-state index >= 15 is 0 Å². The third-order valence-electron chi connectivity index (χ3n) is 4.78. The normalized spacial score (nSPS) is 31.0. The van der Waals surface area contributed by atoms with Crippen molar-refractivity contribution < 1.29 is 5.11 Å². The van der Waals surface area contributed by atoms with Crippen LogP contribution in [0.5, 0.6) is 0 Å². The van der Waals surface area contributed by atoms with E-state index in [1.165, 1.54) is 25.7 Å². The Morgan fingerprint density at radius 3 is 2.74 bits per heavy atom. The lowest BCUT2D eigenvalue weighted by molar-refractivity contribution is 0.160. The molecule has 1 aromatic heterocycles. The number of hydrogen-bond acceptors (Lipinski definition) is 4. The molecule has 1 aromatic rings. The fourth-order valence-electron chi connectivity index (χ4n) is 3.55. The quantitative estimate of drug-likeness (QED) is 0.900. The average Bonchev–Trinajstić information content (AvgIpc) is 2.84. The fraction of sp³-hybridized carbons (Fsp3) is 0.800. The number of nitrogens with zero attached hydrogens (tertiary/aromatic N) is 2. The Kier molecular flexibility index (Phi) is 3.81. The number of aromatic nitrogens is 1. The van der Waals surface area contributed by atoms with Gasteiger partial charge in [0.1, 0.15) is 0 Å². The number of aliphatic hydroxyl groups excluding tert-OH is 1. The van der Waals surface area contributed by atoms with Gasteiger partial charge in [0.15, 0.2) is 5.13 Å². The van der Waals surface area contributed by atoms with Crippen LogP contribution in [0.2, 0.25) is 0 Å². The summed E-state index contributed by atoms with van der Waals surface area (Å²) in [5.74, 6) is 0.754. The molecule has 3 rings (SSSR count). The lowest BCUT2D eigenvalue weighted by atomic mass is 9.85.